The molecule has 4 rings (SSSR count). The number of nitrogens with zero attached hydrogens (tertiary/aromatic N) is 1. The first kappa shape index (κ1) is 26.3. The molecule has 3 aromatic rings. The Morgan fingerprint density at radius 2 is 1.82 bits per heavy atom. The quantitative estimate of drug-likeness (QED) is 0.356. The molecule has 10 nitrogen and oxygen atoms in total. The van der Waals surface area contributed by atoms with Crippen LogP contribution in [0.4, 0.5) is 19.3 Å². The van der Waals surface area contributed by atoms with Gasteiger partial charge in [-0.15, -0.1) is 0 Å². The van der Waals surface area contributed by atoms with Gasteiger partial charge < -0.3 is 31.0 Å². The van der Waals surface area contributed by atoms with Crippen molar-refractivity contribution in [2.24, 2.45) is 5.73 Å². The Hall–Kier alpha value is -4.74. The molecule has 2 aromatic carbocycles. The first-order chi connectivity index (χ1) is 18.2. The third kappa shape index (κ3) is 6.33. The van der Waals surface area contributed by atoms with Crippen LogP contribution in [0.5, 0.6) is 0 Å². The molecule has 1 aliphatic heterocycles. The van der Waals surface area contributed by atoms with E-state index in [1.54, 1.807) is 24.3 Å². The van der Waals surface area contributed by atoms with Crippen LogP contribution >= 0.6 is 0 Å². The molecule has 3 unspecified atom stereocenters. The number of hydrogen-bond acceptors (Lipinski definition) is 5. The van der Waals surface area contributed by atoms with Gasteiger partial charge in [-0.25, -0.2) is 13.6 Å². The Kier molecular flexibility index (Phi) is 8.00. The third-order valence-electron chi connectivity index (χ3n) is 6.05. The van der Waals surface area contributed by atoms with Crippen LogP contribution in [0.15, 0.2) is 71.3 Å². The molecule has 38 heavy (non-hydrogen) atoms. The highest BCUT2D eigenvalue weighted by molar-refractivity contribution is 5.97. The second kappa shape index (κ2) is 11.5. The molecule has 1 aliphatic rings. The number of amides is 5. The largest absolute Gasteiger partial charge is 0.459 e. The highest BCUT2D eigenvalue weighted by Gasteiger charge is 2.42. The topological polar surface area (TPSA) is 147 Å². The molecule has 2 heterocycles. The lowest BCUT2D eigenvalue weighted by Crippen LogP contribution is -2.53. The lowest BCUT2D eigenvalue weighted by Gasteiger charge is -2.25. The molecule has 198 valence electrons. The fourth-order valence-corrected chi connectivity index (χ4v) is 4.23. The van der Waals surface area contributed by atoms with Gasteiger partial charge in [-0.05, 0) is 36.2 Å². The Balaban J connectivity index is 1.48. The predicted octanol–water partition coefficient (Wildman–Crippen LogP) is 2.18. The average molecular weight is 526 g/mol. The van der Waals surface area contributed by atoms with Gasteiger partial charge in [-0.3, -0.25) is 14.4 Å². The number of furan rings is 1. The Morgan fingerprint density at radius 3 is 2.47 bits per heavy atom. The fraction of sp³-hybridized carbons (Fsp3) is 0.231. The van der Waals surface area contributed by atoms with Crippen molar-refractivity contribution in [2.75, 3.05) is 11.9 Å². The highest BCUT2D eigenvalue weighted by Crippen LogP contribution is 2.22. The SMILES string of the molecule is NC(=O)C(Cc1ccccc1)NC(=O)C1CC(NC(=O)Nc2ccc(F)cc2F)CN1C(=O)c1ccco1. The summed E-state index contributed by atoms with van der Waals surface area (Å²) in [6.07, 6.45) is 1.45. The monoisotopic (exact) mass is 525 g/mol. The van der Waals surface area contributed by atoms with Crippen molar-refractivity contribution in [3.63, 3.8) is 0 Å². The number of nitrogens with one attached hydrogen (secondary N) is 3. The summed E-state index contributed by atoms with van der Waals surface area (Å²) in [7, 11) is 0. The lowest BCUT2D eigenvalue weighted by atomic mass is 10.0. The Morgan fingerprint density at radius 1 is 1.05 bits per heavy atom. The first-order valence-electron chi connectivity index (χ1n) is 11.7. The summed E-state index contributed by atoms with van der Waals surface area (Å²) < 4.78 is 32.3. The van der Waals surface area contributed by atoms with Crippen LogP contribution in [-0.4, -0.2) is 53.3 Å². The molecule has 12 heteroatoms. The molecule has 1 aromatic heterocycles. The van der Waals surface area contributed by atoms with Crippen molar-refractivity contribution in [3.8, 4) is 0 Å². The summed E-state index contributed by atoms with van der Waals surface area (Å²) in [6.45, 7) is -0.0726. The minimum atomic E-state index is -1.07. The summed E-state index contributed by atoms with van der Waals surface area (Å²) in [6, 6.07) is 10.9. The zero-order valence-electron chi connectivity index (χ0n) is 20.0. The minimum absolute atomic E-state index is 0.00553. The van der Waals surface area contributed by atoms with E-state index in [9.17, 15) is 28.0 Å². The molecule has 0 bridgehead atoms. The Labute approximate surface area is 216 Å². The van der Waals surface area contributed by atoms with Gasteiger partial charge >= 0.3 is 6.03 Å². The van der Waals surface area contributed by atoms with E-state index in [-0.39, 0.29) is 30.8 Å². The van der Waals surface area contributed by atoms with Crippen molar-refractivity contribution in [1.82, 2.24) is 15.5 Å². The first-order valence-corrected chi connectivity index (χ1v) is 11.7. The van der Waals surface area contributed by atoms with Crippen molar-refractivity contribution in [3.05, 3.63) is 89.9 Å². The molecule has 5 N–H and O–H groups in total. The van der Waals surface area contributed by atoms with Crippen LogP contribution < -0.4 is 21.7 Å². The van der Waals surface area contributed by atoms with Gasteiger partial charge in [0.25, 0.3) is 5.91 Å². The molecule has 3 atom stereocenters. The van der Waals surface area contributed by atoms with Gasteiger partial charge in [0.05, 0.1) is 18.0 Å². The van der Waals surface area contributed by atoms with Gasteiger partial charge in [0, 0.05) is 19.0 Å². The average Bonchev–Trinajstić information content (AvgIpc) is 3.56. The zero-order chi connectivity index (χ0) is 27.2. The van der Waals surface area contributed by atoms with E-state index in [1.807, 2.05) is 6.07 Å². The maximum atomic E-state index is 13.9. The highest BCUT2D eigenvalue weighted by atomic mass is 19.1. The number of carbonyl (C=O) groups is 4. The normalized spacial score (nSPS) is 17.5. The number of benzene rings is 2. The molecule has 0 radical (unpaired) electrons. The number of urea groups is 1. The third-order valence-corrected chi connectivity index (χ3v) is 6.05. The molecule has 1 fully saturated rings. The van der Waals surface area contributed by atoms with Crippen molar-refractivity contribution < 1.29 is 32.4 Å². The second-order valence-electron chi connectivity index (χ2n) is 8.76. The molecule has 1 saturated heterocycles. The van der Waals surface area contributed by atoms with Crippen molar-refractivity contribution >= 4 is 29.4 Å². The molecule has 0 saturated carbocycles. The number of carbonyl (C=O) groups excluding carboxylic acids is 4. The summed E-state index contributed by atoms with van der Waals surface area (Å²) in [5.41, 5.74) is 6.05. The predicted molar refractivity (Wildman–Crippen MR) is 132 cm³/mol. The maximum absolute atomic E-state index is 13.9. The van der Waals surface area contributed by atoms with E-state index in [0.717, 1.165) is 17.7 Å². The minimum Gasteiger partial charge on any atom is -0.459 e. The molecule has 0 spiro atoms. The summed E-state index contributed by atoms with van der Waals surface area (Å²) in [5.74, 6) is -3.76. The zero-order valence-corrected chi connectivity index (χ0v) is 20.0. The van der Waals surface area contributed by atoms with Crippen LogP contribution in [0.25, 0.3) is 0 Å². The molecular formula is C26H25F2N5O5. The summed E-state index contributed by atoms with van der Waals surface area (Å²) >= 11 is 0. The van der Waals surface area contributed by atoms with Crippen molar-refractivity contribution in [1.29, 1.82) is 0 Å². The lowest BCUT2D eigenvalue weighted by molar-refractivity contribution is -0.129. The standard InChI is InChI=1S/C26H25F2N5O5/c27-16-8-9-19(18(28)12-16)32-26(37)30-17-13-21(33(14-17)25(36)22-7-4-10-38-22)24(35)31-20(23(29)34)11-15-5-2-1-3-6-15/h1-10,12,17,20-21H,11,13-14H2,(H2,29,34)(H,31,35)(H2,30,32,37). The Bertz CT molecular complexity index is 1320. The van der Waals surface area contributed by atoms with Gasteiger partial charge in [0.15, 0.2) is 5.76 Å². The van der Waals surface area contributed by atoms with E-state index in [2.05, 4.69) is 16.0 Å². The maximum Gasteiger partial charge on any atom is 0.319 e. The smallest absolute Gasteiger partial charge is 0.319 e. The number of primary amides is 1. The molecular weight excluding hydrogens is 500 g/mol. The number of nitrogens with two attached hydrogens (primary N) is 1. The molecule has 0 aliphatic carbocycles. The number of anilines is 1. The van der Waals surface area contributed by atoms with Gasteiger partial charge in [0.2, 0.25) is 11.8 Å². The summed E-state index contributed by atoms with van der Waals surface area (Å²) in [4.78, 5) is 52.1. The van der Waals surface area contributed by atoms with Crippen molar-refractivity contribution in [2.45, 2.75) is 31.0 Å². The van der Waals surface area contributed by atoms with E-state index in [4.69, 9.17) is 10.2 Å². The van der Waals surface area contributed by atoms with Crippen LogP contribution in [0, 0.1) is 11.6 Å². The van der Waals surface area contributed by atoms with Gasteiger partial charge in [0.1, 0.15) is 23.7 Å². The van der Waals surface area contributed by atoms with Crippen LogP contribution in [0.2, 0.25) is 0 Å². The second-order valence-corrected chi connectivity index (χ2v) is 8.76. The molecule has 5 amide bonds. The van der Waals surface area contributed by atoms with E-state index in [0.29, 0.717) is 6.07 Å². The number of likely N-dealkylation sites (tertiary alicyclic amines) is 1. The van der Waals surface area contributed by atoms with Gasteiger partial charge in [-0.1, -0.05) is 30.3 Å². The van der Waals surface area contributed by atoms with Crippen LogP contribution in [0.1, 0.15) is 22.5 Å². The van der Waals surface area contributed by atoms with E-state index >= 15 is 0 Å². The number of halogens is 2. The number of rotatable bonds is 8. The van der Waals surface area contributed by atoms with Gasteiger partial charge in [-0.2, -0.15) is 0 Å². The van der Waals surface area contributed by atoms with E-state index < -0.39 is 53.5 Å². The van der Waals surface area contributed by atoms with Crippen LogP contribution in [0.3, 0.4) is 0 Å². The van der Waals surface area contributed by atoms with Crippen LogP contribution in [-0.2, 0) is 16.0 Å². The number of hydrogen-bond donors (Lipinski definition) is 4. The van der Waals surface area contributed by atoms with E-state index in [1.165, 1.54) is 23.3 Å². The summed E-state index contributed by atoms with van der Waals surface area (Å²) in [5, 5.41) is 7.48. The fourth-order valence-electron chi connectivity index (χ4n) is 4.23.